The monoisotopic (exact) mass is 259 g/mol. The molecule has 5 heteroatoms. The van der Waals surface area contributed by atoms with Crippen LogP contribution in [0.4, 0.5) is 13.2 Å². The molecule has 0 aliphatic carbocycles. The zero-order chi connectivity index (χ0) is 13.0. The molecule has 1 aromatic rings. The molecule has 0 aromatic heterocycles. The fourth-order valence-electron chi connectivity index (χ4n) is 2.17. The molecule has 1 aromatic carbocycles. The van der Waals surface area contributed by atoms with Crippen LogP contribution in [0, 0.1) is 0 Å². The summed E-state index contributed by atoms with van der Waals surface area (Å²) in [5.74, 6) is 0. The minimum absolute atomic E-state index is 0.159. The van der Waals surface area contributed by atoms with E-state index in [0.29, 0.717) is 19.7 Å². The average molecular weight is 259 g/mol. The first-order valence-electron chi connectivity index (χ1n) is 5.97. The topological polar surface area (TPSA) is 12.5 Å². The number of ether oxygens (including phenoxy) is 1. The molecule has 1 unspecified atom stereocenters. The largest absolute Gasteiger partial charge is 0.390 e. The first-order valence-corrected chi connectivity index (χ1v) is 5.97. The molecule has 0 bridgehead atoms. The average Bonchev–Trinajstić information content (AvgIpc) is 2.31. The van der Waals surface area contributed by atoms with Gasteiger partial charge in [-0.15, -0.1) is 0 Å². The summed E-state index contributed by atoms with van der Waals surface area (Å²) in [6, 6.07) is 8.98. The molecule has 0 saturated carbocycles. The summed E-state index contributed by atoms with van der Waals surface area (Å²) in [6.07, 6.45) is -4.94. The van der Waals surface area contributed by atoms with Crippen molar-refractivity contribution in [2.45, 2.75) is 25.2 Å². The van der Waals surface area contributed by atoms with Crippen molar-refractivity contribution in [1.82, 2.24) is 4.90 Å². The number of rotatable bonds is 3. The van der Waals surface area contributed by atoms with Crippen LogP contribution in [0.15, 0.2) is 30.3 Å². The number of hydrogen-bond donors (Lipinski definition) is 0. The van der Waals surface area contributed by atoms with Crippen LogP contribution in [0.25, 0.3) is 0 Å². The van der Waals surface area contributed by atoms with E-state index in [1.807, 2.05) is 35.2 Å². The van der Waals surface area contributed by atoms with Gasteiger partial charge >= 0.3 is 6.18 Å². The Morgan fingerprint density at radius 1 is 1.22 bits per heavy atom. The predicted molar refractivity (Wildman–Crippen MR) is 62.1 cm³/mol. The molecule has 1 atom stereocenters. The molecule has 2 nitrogen and oxygen atoms in total. The summed E-state index contributed by atoms with van der Waals surface area (Å²) in [6.45, 7) is 1.76. The van der Waals surface area contributed by atoms with Gasteiger partial charge in [-0.05, 0) is 5.56 Å². The minimum atomic E-state index is -4.14. The molecular weight excluding hydrogens is 243 g/mol. The maximum Gasteiger partial charge on any atom is 0.390 e. The van der Waals surface area contributed by atoms with Crippen LogP contribution >= 0.6 is 0 Å². The van der Waals surface area contributed by atoms with Crippen LogP contribution in [0.1, 0.15) is 12.0 Å². The van der Waals surface area contributed by atoms with E-state index < -0.39 is 18.6 Å². The Balaban J connectivity index is 2.00. The number of alkyl halides is 3. The Hall–Kier alpha value is -1.07. The third-order valence-electron chi connectivity index (χ3n) is 3.05. The van der Waals surface area contributed by atoms with Gasteiger partial charge in [0.25, 0.3) is 0 Å². The van der Waals surface area contributed by atoms with Crippen molar-refractivity contribution in [3.8, 4) is 0 Å². The maximum atomic E-state index is 12.5. The Morgan fingerprint density at radius 3 is 2.61 bits per heavy atom. The fourth-order valence-corrected chi connectivity index (χ4v) is 2.17. The van der Waals surface area contributed by atoms with E-state index in [1.165, 1.54) is 0 Å². The van der Waals surface area contributed by atoms with Gasteiger partial charge in [0, 0.05) is 19.1 Å². The van der Waals surface area contributed by atoms with E-state index in [9.17, 15) is 13.2 Å². The Bertz CT molecular complexity index is 366. The zero-order valence-electron chi connectivity index (χ0n) is 9.99. The van der Waals surface area contributed by atoms with E-state index in [4.69, 9.17) is 4.74 Å². The highest BCUT2D eigenvalue weighted by Crippen LogP contribution is 2.26. The summed E-state index contributed by atoms with van der Waals surface area (Å²) < 4.78 is 42.6. The van der Waals surface area contributed by atoms with Crippen LogP contribution in [0.5, 0.6) is 0 Å². The third kappa shape index (κ3) is 3.99. The van der Waals surface area contributed by atoms with Gasteiger partial charge in [-0.3, -0.25) is 4.90 Å². The molecule has 1 aliphatic rings. The second-order valence-electron chi connectivity index (χ2n) is 4.50. The number of morpholine rings is 1. The lowest BCUT2D eigenvalue weighted by molar-refractivity contribution is -0.160. The Kier molecular flexibility index (Phi) is 4.24. The second-order valence-corrected chi connectivity index (χ2v) is 4.50. The molecule has 0 radical (unpaired) electrons. The highest BCUT2D eigenvalue weighted by molar-refractivity contribution is 5.14. The van der Waals surface area contributed by atoms with Crippen LogP contribution in [0.2, 0.25) is 0 Å². The van der Waals surface area contributed by atoms with Crippen molar-refractivity contribution in [3.63, 3.8) is 0 Å². The summed E-state index contributed by atoms with van der Waals surface area (Å²) in [4.78, 5) is 1.85. The number of hydrogen-bond acceptors (Lipinski definition) is 2. The first kappa shape index (κ1) is 13.4. The van der Waals surface area contributed by atoms with Gasteiger partial charge in [-0.1, -0.05) is 30.3 Å². The summed E-state index contributed by atoms with van der Waals surface area (Å²) in [5, 5.41) is 0. The van der Waals surface area contributed by atoms with Gasteiger partial charge in [0.1, 0.15) is 0 Å². The van der Waals surface area contributed by atoms with Gasteiger partial charge < -0.3 is 4.74 Å². The Morgan fingerprint density at radius 2 is 1.94 bits per heavy atom. The Labute approximate surface area is 104 Å². The summed E-state index contributed by atoms with van der Waals surface area (Å²) in [7, 11) is 0. The van der Waals surface area contributed by atoms with E-state index in [1.54, 1.807) is 0 Å². The van der Waals surface area contributed by atoms with Gasteiger partial charge in [-0.25, -0.2) is 0 Å². The smallest absolute Gasteiger partial charge is 0.378 e. The molecule has 1 fully saturated rings. The second kappa shape index (κ2) is 5.71. The molecule has 18 heavy (non-hydrogen) atoms. The summed E-state index contributed by atoms with van der Waals surface area (Å²) >= 11 is 0. The highest BCUT2D eigenvalue weighted by atomic mass is 19.4. The highest BCUT2D eigenvalue weighted by Gasteiger charge is 2.36. The molecule has 0 amide bonds. The molecule has 1 heterocycles. The van der Waals surface area contributed by atoms with E-state index >= 15 is 0 Å². The van der Waals surface area contributed by atoms with Gasteiger partial charge in [0.2, 0.25) is 0 Å². The maximum absolute atomic E-state index is 12.5. The number of halogens is 3. The zero-order valence-corrected chi connectivity index (χ0v) is 9.99. The van der Waals surface area contributed by atoms with Crippen LogP contribution < -0.4 is 0 Å². The molecule has 1 saturated heterocycles. The quantitative estimate of drug-likeness (QED) is 0.827. The standard InChI is InChI=1S/C13H16F3NO/c14-13(15,16)8-12-10-18-7-6-17(12)9-11-4-2-1-3-5-11/h1-5,12H,6-10H2. The minimum Gasteiger partial charge on any atom is -0.378 e. The van der Waals surface area contributed by atoms with Crippen molar-refractivity contribution in [2.75, 3.05) is 19.8 Å². The molecular formula is C13H16F3NO. The molecule has 2 rings (SSSR count). The molecule has 0 N–H and O–H groups in total. The normalized spacial score (nSPS) is 22.1. The van der Waals surface area contributed by atoms with Crippen LogP contribution in [0.3, 0.4) is 0 Å². The van der Waals surface area contributed by atoms with Crippen LogP contribution in [-0.4, -0.2) is 36.9 Å². The molecule has 1 aliphatic heterocycles. The third-order valence-corrected chi connectivity index (χ3v) is 3.05. The molecule has 0 spiro atoms. The van der Waals surface area contributed by atoms with E-state index in [2.05, 4.69) is 0 Å². The lowest BCUT2D eigenvalue weighted by Gasteiger charge is -2.36. The lowest BCUT2D eigenvalue weighted by Crippen LogP contribution is -2.46. The molecule has 100 valence electrons. The fraction of sp³-hybridized carbons (Fsp3) is 0.538. The van der Waals surface area contributed by atoms with Crippen molar-refractivity contribution in [1.29, 1.82) is 0 Å². The van der Waals surface area contributed by atoms with Crippen molar-refractivity contribution >= 4 is 0 Å². The van der Waals surface area contributed by atoms with E-state index in [0.717, 1.165) is 5.56 Å². The van der Waals surface area contributed by atoms with Crippen molar-refractivity contribution in [2.24, 2.45) is 0 Å². The SMILES string of the molecule is FC(F)(F)CC1COCCN1Cc1ccccc1. The van der Waals surface area contributed by atoms with Gasteiger partial charge in [0.15, 0.2) is 0 Å². The summed E-state index contributed by atoms with van der Waals surface area (Å²) in [5.41, 5.74) is 1.03. The van der Waals surface area contributed by atoms with Crippen molar-refractivity contribution in [3.05, 3.63) is 35.9 Å². The van der Waals surface area contributed by atoms with Crippen molar-refractivity contribution < 1.29 is 17.9 Å². The predicted octanol–water partition coefficient (Wildman–Crippen LogP) is 2.84. The number of benzene rings is 1. The van der Waals surface area contributed by atoms with Crippen LogP contribution in [-0.2, 0) is 11.3 Å². The van der Waals surface area contributed by atoms with E-state index in [-0.39, 0.29) is 6.61 Å². The van der Waals surface area contributed by atoms with Gasteiger partial charge in [-0.2, -0.15) is 13.2 Å². The van der Waals surface area contributed by atoms with Gasteiger partial charge in [0.05, 0.1) is 19.6 Å². The lowest BCUT2D eigenvalue weighted by atomic mass is 10.1. The number of nitrogens with zero attached hydrogens (tertiary/aromatic N) is 1. The first-order chi connectivity index (χ1) is 8.54.